The molecule has 0 N–H and O–H groups in total. The van der Waals surface area contributed by atoms with E-state index >= 15 is 0 Å². The van der Waals surface area contributed by atoms with Crippen LogP contribution in [0.25, 0.3) is 0 Å². The summed E-state index contributed by atoms with van der Waals surface area (Å²) in [5.41, 5.74) is 1.02. The Morgan fingerprint density at radius 2 is 2.25 bits per heavy atom. The van der Waals surface area contributed by atoms with Crippen LogP contribution in [0.1, 0.15) is 30.3 Å². The second-order valence-corrected chi connectivity index (χ2v) is 6.05. The molecule has 1 saturated heterocycles. The lowest BCUT2D eigenvalue weighted by atomic mass is 10.0. The number of rotatable bonds is 3. The maximum absolute atomic E-state index is 13.6. The fraction of sp³-hybridized carbons (Fsp3) is 0.429. The summed E-state index contributed by atoms with van der Waals surface area (Å²) in [6, 6.07) is 5.37. The van der Waals surface area contributed by atoms with Gasteiger partial charge in [0.15, 0.2) is 0 Å². The SMILES string of the molecule is Cn1ncnc1CN1CCC[C@@H]1c1cc(F)cc(Br)c1. The minimum atomic E-state index is -0.195. The molecule has 0 saturated carbocycles. The summed E-state index contributed by atoms with van der Waals surface area (Å²) in [5.74, 6) is 0.743. The molecule has 0 amide bonds. The van der Waals surface area contributed by atoms with E-state index in [0.29, 0.717) is 0 Å². The van der Waals surface area contributed by atoms with Gasteiger partial charge in [-0.2, -0.15) is 5.10 Å². The van der Waals surface area contributed by atoms with Crippen molar-refractivity contribution in [1.29, 1.82) is 0 Å². The average molecular weight is 339 g/mol. The Labute approximate surface area is 125 Å². The second kappa shape index (κ2) is 5.61. The van der Waals surface area contributed by atoms with Crippen LogP contribution in [0.15, 0.2) is 29.0 Å². The van der Waals surface area contributed by atoms with Gasteiger partial charge in [-0.05, 0) is 43.1 Å². The first-order valence-electron chi connectivity index (χ1n) is 6.66. The molecule has 0 spiro atoms. The van der Waals surface area contributed by atoms with E-state index in [1.807, 2.05) is 13.1 Å². The number of aryl methyl sites for hydroxylation is 1. The zero-order valence-electron chi connectivity index (χ0n) is 11.3. The summed E-state index contributed by atoms with van der Waals surface area (Å²) >= 11 is 3.37. The molecule has 2 heterocycles. The molecule has 1 aromatic carbocycles. The molecule has 4 nitrogen and oxygen atoms in total. The second-order valence-electron chi connectivity index (χ2n) is 5.13. The summed E-state index contributed by atoms with van der Waals surface area (Å²) < 4.78 is 16.2. The van der Waals surface area contributed by atoms with Gasteiger partial charge in [-0.3, -0.25) is 9.58 Å². The van der Waals surface area contributed by atoms with Gasteiger partial charge in [0.25, 0.3) is 0 Å². The Balaban J connectivity index is 1.83. The summed E-state index contributed by atoms with van der Waals surface area (Å²) in [4.78, 5) is 6.61. The third kappa shape index (κ3) is 2.76. The lowest BCUT2D eigenvalue weighted by Crippen LogP contribution is -2.24. The molecule has 1 fully saturated rings. The molecule has 1 atom stereocenters. The number of likely N-dealkylation sites (tertiary alicyclic amines) is 1. The molecule has 3 rings (SSSR count). The average Bonchev–Trinajstić information content (AvgIpc) is 2.99. The van der Waals surface area contributed by atoms with Gasteiger partial charge in [-0.15, -0.1) is 0 Å². The maximum atomic E-state index is 13.6. The fourth-order valence-electron chi connectivity index (χ4n) is 2.81. The van der Waals surface area contributed by atoms with Crippen molar-refractivity contribution >= 4 is 15.9 Å². The summed E-state index contributed by atoms with van der Waals surface area (Å²) in [7, 11) is 1.90. The molecule has 0 unspecified atom stereocenters. The van der Waals surface area contributed by atoms with Crippen LogP contribution in [0.4, 0.5) is 4.39 Å². The maximum Gasteiger partial charge on any atom is 0.140 e. The van der Waals surface area contributed by atoms with E-state index in [9.17, 15) is 4.39 Å². The van der Waals surface area contributed by atoms with Crippen LogP contribution in [-0.4, -0.2) is 26.2 Å². The normalized spacial score (nSPS) is 19.6. The van der Waals surface area contributed by atoms with Crippen molar-refractivity contribution in [1.82, 2.24) is 19.7 Å². The molecule has 106 valence electrons. The van der Waals surface area contributed by atoms with E-state index in [0.717, 1.165) is 41.8 Å². The number of benzene rings is 1. The van der Waals surface area contributed by atoms with E-state index in [-0.39, 0.29) is 11.9 Å². The minimum Gasteiger partial charge on any atom is -0.289 e. The zero-order chi connectivity index (χ0) is 14.1. The van der Waals surface area contributed by atoms with E-state index < -0.39 is 0 Å². The van der Waals surface area contributed by atoms with Crippen LogP contribution in [0.2, 0.25) is 0 Å². The monoisotopic (exact) mass is 338 g/mol. The molecule has 0 radical (unpaired) electrons. The fourth-order valence-corrected chi connectivity index (χ4v) is 3.29. The van der Waals surface area contributed by atoms with Crippen LogP contribution in [0.3, 0.4) is 0 Å². The Kier molecular flexibility index (Phi) is 3.85. The predicted molar refractivity (Wildman–Crippen MR) is 77.5 cm³/mol. The number of hydrogen-bond donors (Lipinski definition) is 0. The topological polar surface area (TPSA) is 34.0 Å². The summed E-state index contributed by atoms with van der Waals surface area (Å²) in [6.07, 6.45) is 3.74. The molecular weight excluding hydrogens is 323 g/mol. The molecule has 20 heavy (non-hydrogen) atoms. The first-order chi connectivity index (χ1) is 9.63. The smallest absolute Gasteiger partial charge is 0.140 e. The van der Waals surface area contributed by atoms with Gasteiger partial charge in [0.05, 0.1) is 6.54 Å². The molecular formula is C14H16BrFN4. The molecule has 6 heteroatoms. The highest BCUT2D eigenvalue weighted by Gasteiger charge is 2.27. The molecule has 2 aromatic rings. The standard InChI is InChI=1S/C14H16BrFN4/c1-19-14(17-9-18-19)8-20-4-2-3-13(20)10-5-11(15)7-12(16)6-10/h5-7,9,13H,2-4,8H2,1H3/t13-/m1/s1. The van der Waals surface area contributed by atoms with Gasteiger partial charge in [-0.25, -0.2) is 9.37 Å². The van der Waals surface area contributed by atoms with E-state index in [1.165, 1.54) is 6.07 Å². The van der Waals surface area contributed by atoms with Crippen LogP contribution in [0, 0.1) is 5.82 Å². The summed E-state index contributed by atoms with van der Waals surface area (Å²) in [5, 5.41) is 4.10. The molecule has 1 aliphatic rings. The molecule has 0 bridgehead atoms. The van der Waals surface area contributed by atoms with Crippen LogP contribution >= 0.6 is 15.9 Å². The highest BCUT2D eigenvalue weighted by molar-refractivity contribution is 9.10. The first-order valence-corrected chi connectivity index (χ1v) is 7.45. The predicted octanol–water partition coefficient (Wildman–Crippen LogP) is 3.05. The highest BCUT2D eigenvalue weighted by atomic mass is 79.9. The van der Waals surface area contributed by atoms with E-state index in [1.54, 1.807) is 17.1 Å². The minimum absolute atomic E-state index is 0.195. The van der Waals surface area contributed by atoms with Gasteiger partial charge in [-0.1, -0.05) is 15.9 Å². The van der Waals surface area contributed by atoms with Gasteiger partial charge in [0.1, 0.15) is 18.0 Å². The van der Waals surface area contributed by atoms with Crippen LogP contribution in [0.5, 0.6) is 0 Å². The van der Waals surface area contributed by atoms with Gasteiger partial charge >= 0.3 is 0 Å². The molecule has 1 aromatic heterocycles. The van der Waals surface area contributed by atoms with Gasteiger partial charge < -0.3 is 0 Å². The molecule has 1 aliphatic heterocycles. The van der Waals surface area contributed by atoms with Crippen molar-refractivity contribution in [2.24, 2.45) is 7.05 Å². The quantitative estimate of drug-likeness (QED) is 0.862. The van der Waals surface area contributed by atoms with Crippen molar-refractivity contribution in [3.05, 3.63) is 46.2 Å². The third-order valence-electron chi connectivity index (χ3n) is 3.78. The zero-order valence-corrected chi connectivity index (χ0v) is 12.8. The van der Waals surface area contributed by atoms with Crippen molar-refractivity contribution < 1.29 is 4.39 Å². The number of aromatic nitrogens is 3. The number of halogens is 2. The Morgan fingerprint density at radius 1 is 1.40 bits per heavy atom. The Morgan fingerprint density at radius 3 is 2.95 bits per heavy atom. The van der Waals surface area contributed by atoms with E-state index in [2.05, 4.69) is 30.9 Å². The van der Waals surface area contributed by atoms with Gasteiger partial charge in [0.2, 0.25) is 0 Å². The van der Waals surface area contributed by atoms with Crippen molar-refractivity contribution in [3.8, 4) is 0 Å². The van der Waals surface area contributed by atoms with Crippen LogP contribution < -0.4 is 0 Å². The first kappa shape index (κ1) is 13.7. The number of nitrogens with zero attached hydrogens (tertiary/aromatic N) is 4. The number of hydrogen-bond acceptors (Lipinski definition) is 3. The Bertz CT molecular complexity index is 593. The van der Waals surface area contributed by atoms with Crippen molar-refractivity contribution in [2.75, 3.05) is 6.54 Å². The largest absolute Gasteiger partial charge is 0.289 e. The lowest BCUT2D eigenvalue weighted by molar-refractivity contribution is 0.238. The highest BCUT2D eigenvalue weighted by Crippen LogP contribution is 2.34. The van der Waals surface area contributed by atoms with Crippen molar-refractivity contribution in [3.63, 3.8) is 0 Å². The van der Waals surface area contributed by atoms with Crippen LogP contribution in [-0.2, 0) is 13.6 Å². The lowest BCUT2D eigenvalue weighted by Gasteiger charge is -2.24. The Hall–Kier alpha value is -1.27. The third-order valence-corrected chi connectivity index (χ3v) is 4.24. The van der Waals surface area contributed by atoms with Crippen molar-refractivity contribution in [2.45, 2.75) is 25.4 Å². The van der Waals surface area contributed by atoms with Gasteiger partial charge in [0, 0.05) is 17.6 Å². The summed E-state index contributed by atoms with van der Waals surface area (Å²) in [6.45, 7) is 1.75. The van der Waals surface area contributed by atoms with E-state index in [4.69, 9.17) is 0 Å². The molecule has 0 aliphatic carbocycles.